The molecule has 22 heavy (non-hydrogen) atoms. The van der Waals surface area contributed by atoms with Crippen LogP contribution in [0.3, 0.4) is 0 Å². The van der Waals surface area contributed by atoms with Gasteiger partial charge in [0.25, 0.3) is 0 Å². The van der Waals surface area contributed by atoms with Gasteiger partial charge in [-0.25, -0.2) is 17.9 Å². The molecule has 0 aliphatic carbocycles. The Balaban J connectivity index is 2.94. The van der Waals surface area contributed by atoms with Crippen LogP contribution in [0.15, 0.2) is 23.1 Å². The van der Waals surface area contributed by atoms with Gasteiger partial charge in [-0.15, -0.1) is 0 Å². The van der Waals surface area contributed by atoms with Crippen LogP contribution >= 0.6 is 0 Å². The summed E-state index contributed by atoms with van der Waals surface area (Å²) >= 11 is 0. The number of rotatable bonds is 8. The highest BCUT2D eigenvalue weighted by molar-refractivity contribution is 7.89. The van der Waals surface area contributed by atoms with Gasteiger partial charge >= 0.3 is 5.97 Å². The van der Waals surface area contributed by atoms with Crippen molar-refractivity contribution in [3.05, 3.63) is 23.8 Å². The van der Waals surface area contributed by atoms with E-state index >= 15 is 0 Å². The van der Waals surface area contributed by atoms with Crippen molar-refractivity contribution in [1.29, 1.82) is 0 Å². The Bertz CT molecular complexity index is 612. The van der Waals surface area contributed by atoms with Gasteiger partial charge in [-0.05, 0) is 37.1 Å². The number of hydrogen-bond acceptors (Lipinski definition) is 6. The maximum atomic E-state index is 12.1. The number of aliphatic hydroxyl groups excluding tert-OH is 1. The van der Waals surface area contributed by atoms with Crippen molar-refractivity contribution >= 4 is 16.0 Å². The molecule has 0 bridgehead atoms. The summed E-state index contributed by atoms with van der Waals surface area (Å²) in [6, 6.07) is 4.37. The van der Waals surface area contributed by atoms with E-state index in [1.54, 1.807) is 0 Å². The molecule has 0 spiro atoms. The molecule has 0 amide bonds. The summed E-state index contributed by atoms with van der Waals surface area (Å²) in [5.74, 6) is -0.0836. The van der Waals surface area contributed by atoms with E-state index in [9.17, 15) is 13.2 Å². The maximum Gasteiger partial charge on any atom is 0.343 e. The summed E-state index contributed by atoms with van der Waals surface area (Å²) in [4.78, 5) is 11.2. The molecule has 0 saturated carbocycles. The lowest BCUT2D eigenvalue weighted by molar-refractivity contribution is -0.142. The third-order valence-electron chi connectivity index (χ3n) is 2.87. The molecule has 1 aromatic rings. The van der Waals surface area contributed by atoms with Crippen LogP contribution in [0.5, 0.6) is 5.75 Å². The molecule has 2 N–H and O–H groups in total. The molecule has 0 radical (unpaired) electrons. The van der Waals surface area contributed by atoms with Crippen LogP contribution in [0.25, 0.3) is 0 Å². The fourth-order valence-electron chi connectivity index (χ4n) is 1.65. The molecule has 0 aliphatic heterocycles. The minimum absolute atomic E-state index is 0.0651. The molecule has 8 heteroatoms. The monoisotopic (exact) mass is 331 g/mol. The van der Waals surface area contributed by atoms with Crippen molar-refractivity contribution in [2.45, 2.75) is 31.3 Å². The summed E-state index contributed by atoms with van der Waals surface area (Å²) in [6.07, 6.45) is -0.237. The summed E-state index contributed by atoms with van der Waals surface area (Å²) in [5, 5.41) is 9.16. The average Bonchev–Trinajstić information content (AvgIpc) is 2.50. The van der Waals surface area contributed by atoms with Gasteiger partial charge in [0.05, 0.1) is 18.1 Å². The molecule has 124 valence electrons. The van der Waals surface area contributed by atoms with Crippen LogP contribution in [0.2, 0.25) is 0 Å². The van der Waals surface area contributed by atoms with Crippen molar-refractivity contribution in [2.24, 2.45) is 0 Å². The number of carbonyl (C=O) groups is 1. The second kappa shape index (κ2) is 8.11. The second-order valence-corrected chi connectivity index (χ2v) is 6.46. The summed E-state index contributed by atoms with van der Waals surface area (Å²) in [5.41, 5.74) is 0.656. The molecular weight excluding hydrogens is 310 g/mol. The number of benzene rings is 1. The van der Waals surface area contributed by atoms with Crippen LogP contribution in [-0.2, 0) is 26.0 Å². The van der Waals surface area contributed by atoms with Crippen molar-refractivity contribution in [3.63, 3.8) is 0 Å². The van der Waals surface area contributed by atoms with E-state index in [2.05, 4.69) is 9.46 Å². The van der Waals surface area contributed by atoms with Crippen LogP contribution in [0, 0.1) is 0 Å². The summed E-state index contributed by atoms with van der Waals surface area (Å²) in [6.45, 7) is 3.03. The van der Waals surface area contributed by atoms with Gasteiger partial charge in [-0.3, -0.25) is 0 Å². The van der Waals surface area contributed by atoms with E-state index < -0.39 is 22.1 Å². The van der Waals surface area contributed by atoms with Crippen LogP contribution in [-0.4, -0.2) is 45.9 Å². The molecule has 7 nitrogen and oxygen atoms in total. The largest absolute Gasteiger partial charge is 0.482 e. The first-order chi connectivity index (χ1) is 10.3. The molecule has 1 aromatic carbocycles. The second-order valence-electron chi connectivity index (χ2n) is 4.69. The maximum absolute atomic E-state index is 12.1. The molecule has 1 rings (SSSR count). The number of aryl methyl sites for hydroxylation is 1. The Morgan fingerprint density at radius 2 is 2.09 bits per heavy atom. The van der Waals surface area contributed by atoms with Crippen molar-refractivity contribution in [1.82, 2.24) is 4.72 Å². The highest BCUT2D eigenvalue weighted by Crippen LogP contribution is 2.23. The van der Waals surface area contributed by atoms with Crippen molar-refractivity contribution in [2.75, 3.05) is 20.3 Å². The smallest absolute Gasteiger partial charge is 0.343 e. The predicted octanol–water partition coefficient (Wildman–Crippen LogP) is 0.460. The van der Waals surface area contributed by atoms with Crippen LogP contribution in [0.1, 0.15) is 19.4 Å². The third kappa shape index (κ3) is 5.28. The lowest BCUT2D eigenvalue weighted by Gasteiger charge is -2.13. The number of hydrogen-bond donors (Lipinski definition) is 2. The number of methoxy groups -OCH3 is 1. The van der Waals surface area contributed by atoms with E-state index in [-0.39, 0.29) is 18.0 Å². The van der Waals surface area contributed by atoms with Gasteiger partial charge in [0.1, 0.15) is 5.75 Å². The third-order valence-corrected chi connectivity index (χ3v) is 4.29. The highest BCUT2D eigenvalue weighted by Gasteiger charge is 2.17. The first-order valence-corrected chi connectivity index (χ1v) is 8.28. The zero-order valence-electron chi connectivity index (χ0n) is 12.8. The average molecular weight is 331 g/mol. The Morgan fingerprint density at radius 1 is 1.41 bits per heavy atom. The zero-order valence-corrected chi connectivity index (χ0v) is 13.6. The predicted molar refractivity (Wildman–Crippen MR) is 80.2 cm³/mol. The van der Waals surface area contributed by atoms with Gasteiger partial charge < -0.3 is 14.6 Å². The zero-order chi connectivity index (χ0) is 16.8. The first-order valence-electron chi connectivity index (χ1n) is 6.80. The number of esters is 1. The van der Waals surface area contributed by atoms with E-state index in [0.717, 1.165) is 0 Å². The van der Waals surface area contributed by atoms with Crippen molar-refractivity contribution < 1.29 is 27.8 Å². The molecule has 0 saturated heterocycles. The number of aliphatic hydroxyl groups is 1. The summed E-state index contributed by atoms with van der Waals surface area (Å²) < 4.78 is 36.3. The lowest BCUT2D eigenvalue weighted by Crippen LogP contribution is -2.30. The lowest BCUT2D eigenvalue weighted by atomic mass is 10.1. The Hall–Kier alpha value is -1.64. The molecule has 0 aliphatic rings. The Morgan fingerprint density at radius 3 is 2.64 bits per heavy atom. The number of nitrogens with one attached hydrogen (secondary N) is 1. The van der Waals surface area contributed by atoms with Crippen LogP contribution in [0.4, 0.5) is 0 Å². The topological polar surface area (TPSA) is 102 Å². The van der Waals surface area contributed by atoms with E-state index in [0.29, 0.717) is 17.7 Å². The highest BCUT2D eigenvalue weighted by atomic mass is 32.2. The summed E-state index contributed by atoms with van der Waals surface area (Å²) in [7, 11) is -2.44. The molecule has 0 heterocycles. The molecular formula is C14H21NO6S. The fourth-order valence-corrected chi connectivity index (χ4v) is 2.82. The quantitative estimate of drug-likeness (QED) is 0.671. The van der Waals surface area contributed by atoms with Gasteiger partial charge in [-0.2, -0.15) is 0 Å². The SMILES string of the molecule is CCc1cc(S(=O)(=O)NC[C@@H](C)O)ccc1OCC(=O)OC. The van der Waals surface area contributed by atoms with Gasteiger partial charge in [0.15, 0.2) is 6.61 Å². The van der Waals surface area contributed by atoms with Crippen LogP contribution < -0.4 is 9.46 Å². The fraction of sp³-hybridized carbons (Fsp3) is 0.500. The standard InChI is InChI=1S/C14H21NO6S/c1-4-11-7-12(22(18,19)15-8-10(2)16)5-6-13(11)21-9-14(17)20-3/h5-7,10,15-16H,4,8-9H2,1-3H3/t10-/m1/s1. The van der Waals surface area contributed by atoms with Crippen molar-refractivity contribution in [3.8, 4) is 5.75 Å². The first kappa shape index (κ1) is 18.4. The van der Waals surface area contributed by atoms with E-state index in [1.807, 2.05) is 6.92 Å². The normalized spacial score (nSPS) is 12.7. The number of carbonyl (C=O) groups excluding carboxylic acids is 1. The van der Waals surface area contributed by atoms with Gasteiger partial charge in [0.2, 0.25) is 10.0 Å². The molecule has 0 unspecified atom stereocenters. The van der Waals surface area contributed by atoms with Gasteiger partial charge in [-0.1, -0.05) is 6.92 Å². The minimum atomic E-state index is -3.70. The molecule has 1 atom stereocenters. The van der Waals surface area contributed by atoms with Gasteiger partial charge in [0, 0.05) is 6.54 Å². The molecule has 0 fully saturated rings. The number of ether oxygens (including phenoxy) is 2. The molecule has 0 aromatic heterocycles. The van der Waals surface area contributed by atoms with E-state index in [4.69, 9.17) is 9.84 Å². The van der Waals surface area contributed by atoms with E-state index in [1.165, 1.54) is 32.2 Å². The Labute approximate surface area is 130 Å². The Kier molecular flexibility index (Phi) is 6.79. The number of sulfonamides is 1. The minimum Gasteiger partial charge on any atom is -0.482 e.